The average molecular weight is 735 g/mol. The Morgan fingerprint density at radius 2 is 0.667 bits per heavy atom. The molecule has 0 aromatic heterocycles. The van der Waals surface area contributed by atoms with Gasteiger partial charge in [-0.2, -0.15) is 0 Å². The topological polar surface area (TPSA) is 43.2 Å². The van der Waals surface area contributed by atoms with Crippen LogP contribution >= 0.6 is 0 Å². The quantitative estimate of drug-likeness (QED) is 0.160. The fraction of sp³-hybridized carbons (Fsp3) is 0.136. The van der Waals surface area contributed by atoms with Crippen molar-refractivity contribution in [2.24, 2.45) is 9.98 Å². The lowest BCUT2D eigenvalue weighted by molar-refractivity contribution is 0.212. The highest BCUT2D eigenvalue weighted by molar-refractivity contribution is 5.96. The first-order valence-electron chi connectivity index (χ1n) is 17.1. The molecule has 0 saturated heterocycles. The molecule has 272 valence electrons. The minimum Gasteiger partial charge on any atom is -0.472 e. The fourth-order valence-electron chi connectivity index (χ4n) is 6.38. The smallest absolute Gasteiger partial charge is 0.223 e. The molecule has 6 aromatic rings. The third kappa shape index (κ3) is 7.64. The Hall–Kier alpha value is -6.16. The van der Waals surface area contributed by atoms with Crippen LogP contribution in [0, 0.1) is 34.9 Å². The van der Waals surface area contributed by atoms with Gasteiger partial charge in [-0.05, 0) is 95.8 Å². The summed E-state index contributed by atoms with van der Waals surface area (Å²) in [6.07, 6.45) is -0.702. The molecular formula is C44H32F6N2O2. The van der Waals surface area contributed by atoms with Crippen molar-refractivity contribution in [2.75, 3.05) is 0 Å². The third-order valence-electron chi connectivity index (χ3n) is 9.21. The Balaban J connectivity index is 0.000000167. The number of nitrogens with zero attached hydrogens (tertiary/aromatic N) is 2. The molecule has 0 aliphatic carbocycles. The molecular weight excluding hydrogens is 702 g/mol. The van der Waals surface area contributed by atoms with Crippen LogP contribution in [0.1, 0.15) is 48.2 Å². The summed E-state index contributed by atoms with van der Waals surface area (Å²) in [6.45, 7) is 3.63. The van der Waals surface area contributed by atoms with E-state index in [4.69, 9.17) is 9.47 Å². The maximum atomic E-state index is 14.0. The average Bonchev–Trinajstić information content (AvgIpc) is 3.74. The molecule has 2 aliphatic rings. The van der Waals surface area contributed by atoms with Gasteiger partial charge in [0.2, 0.25) is 11.8 Å². The van der Waals surface area contributed by atoms with Gasteiger partial charge in [-0.15, -0.1) is 0 Å². The number of halogens is 6. The van der Waals surface area contributed by atoms with E-state index in [9.17, 15) is 26.3 Å². The van der Waals surface area contributed by atoms with E-state index in [2.05, 4.69) is 9.98 Å². The molecule has 8 rings (SSSR count). The maximum absolute atomic E-state index is 14.0. The molecule has 0 fully saturated rings. The third-order valence-corrected chi connectivity index (χ3v) is 9.21. The molecule has 0 amide bonds. The molecule has 0 spiro atoms. The van der Waals surface area contributed by atoms with Crippen LogP contribution in [0.2, 0.25) is 0 Å². The first kappa shape index (κ1) is 36.2. The summed E-state index contributed by atoms with van der Waals surface area (Å²) in [7, 11) is 0. The van der Waals surface area contributed by atoms with Crippen LogP contribution in [0.15, 0.2) is 143 Å². The number of benzene rings is 6. The van der Waals surface area contributed by atoms with Gasteiger partial charge in [-0.25, -0.2) is 36.3 Å². The molecule has 4 atom stereocenters. The number of hydrogen-bond donors (Lipinski definition) is 0. The first-order chi connectivity index (χ1) is 26.0. The van der Waals surface area contributed by atoms with Crippen LogP contribution < -0.4 is 0 Å². The van der Waals surface area contributed by atoms with Crippen LogP contribution in [-0.2, 0) is 9.47 Å². The molecule has 4 nitrogen and oxygen atoms in total. The molecule has 0 unspecified atom stereocenters. The van der Waals surface area contributed by atoms with Crippen LogP contribution in [-0.4, -0.2) is 24.0 Å². The lowest BCUT2D eigenvalue weighted by atomic mass is 9.99. The SMILES string of the molecule is C[C@@H]1OC(c2c(F)cccc2F)=N[C@@H]1c1ccc(-c2ccc(F)cc2)cc1.C[C@H]1OC(c2c(F)cccc2F)=N[C@H]1c1ccc(-c2ccc(F)cc2)cc1. The number of hydrogen-bond acceptors (Lipinski definition) is 4. The van der Waals surface area contributed by atoms with E-state index in [1.165, 1.54) is 60.7 Å². The zero-order valence-electron chi connectivity index (χ0n) is 29.0. The van der Waals surface area contributed by atoms with Crippen LogP contribution in [0.3, 0.4) is 0 Å². The second-order valence-corrected chi connectivity index (χ2v) is 12.9. The molecule has 2 heterocycles. The van der Waals surface area contributed by atoms with Crippen molar-refractivity contribution in [3.05, 3.63) is 191 Å². The van der Waals surface area contributed by atoms with Crippen molar-refractivity contribution < 1.29 is 35.8 Å². The van der Waals surface area contributed by atoms with Gasteiger partial charge in [0.25, 0.3) is 0 Å². The molecule has 0 N–H and O–H groups in total. The minimum atomic E-state index is -0.701. The number of rotatable bonds is 6. The van der Waals surface area contributed by atoms with Gasteiger partial charge in [-0.1, -0.05) is 84.9 Å². The largest absolute Gasteiger partial charge is 0.472 e. The zero-order valence-corrected chi connectivity index (χ0v) is 29.0. The lowest BCUT2D eigenvalue weighted by Crippen LogP contribution is -2.14. The summed E-state index contributed by atoms with van der Waals surface area (Å²) in [4.78, 5) is 8.82. The van der Waals surface area contributed by atoms with E-state index in [0.717, 1.165) is 33.4 Å². The predicted molar refractivity (Wildman–Crippen MR) is 196 cm³/mol. The van der Waals surface area contributed by atoms with E-state index < -0.39 is 23.3 Å². The van der Waals surface area contributed by atoms with E-state index >= 15 is 0 Å². The van der Waals surface area contributed by atoms with Crippen molar-refractivity contribution in [1.82, 2.24) is 0 Å². The second kappa shape index (κ2) is 15.4. The molecule has 2 aliphatic heterocycles. The van der Waals surface area contributed by atoms with Gasteiger partial charge in [0, 0.05) is 0 Å². The summed E-state index contributed by atoms with van der Waals surface area (Å²) >= 11 is 0. The Bertz CT molecular complexity index is 2120. The van der Waals surface area contributed by atoms with Gasteiger partial charge < -0.3 is 9.47 Å². The number of aliphatic imine (C=N–C) groups is 2. The van der Waals surface area contributed by atoms with Crippen molar-refractivity contribution in [3.63, 3.8) is 0 Å². The first-order valence-corrected chi connectivity index (χ1v) is 17.1. The zero-order chi connectivity index (χ0) is 37.9. The van der Waals surface area contributed by atoms with Gasteiger partial charge >= 0.3 is 0 Å². The van der Waals surface area contributed by atoms with Gasteiger partial charge in [-0.3, -0.25) is 0 Å². The highest BCUT2D eigenvalue weighted by Gasteiger charge is 2.33. The molecule has 6 aromatic carbocycles. The van der Waals surface area contributed by atoms with E-state index in [0.29, 0.717) is 0 Å². The molecule has 0 radical (unpaired) electrons. The van der Waals surface area contributed by atoms with Crippen LogP contribution in [0.4, 0.5) is 26.3 Å². The predicted octanol–water partition coefficient (Wildman–Crippen LogP) is 11.4. The minimum absolute atomic E-state index is 0.0225. The maximum Gasteiger partial charge on any atom is 0.223 e. The Morgan fingerprint density at radius 1 is 0.389 bits per heavy atom. The van der Waals surface area contributed by atoms with Crippen molar-refractivity contribution in [2.45, 2.75) is 38.1 Å². The van der Waals surface area contributed by atoms with Crippen molar-refractivity contribution in [1.29, 1.82) is 0 Å². The highest BCUT2D eigenvalue weighted by atomic mass is 19.2. The Morgan fingerprint density at radius 3 is 0.963 bits per heavy atom. The summed E-state index contributed by atoms with van der Waals surface area (Å²) < 4.78 is 93.4. The fourth-order valence-corrected chi connectivity index (χ4v) is 6.38. The monoisotopic (exact) mass is 734 g/mol. The van der Waals surface area contributed by atoms with Crippen LogP contribution in [0.25, 0.3) is 22.3 Å². The van der Waals surface area contributed by atoms with E-state index in [1.54, 1.807) is 24.3 Å². The summed E-state index contributed by atoms with van der Waals surface area (Å²) in [6, 6.07) is 34.3. The lowest BCUT2D eigenvalue weighted by Gasteiger charge is -2.13. The van der Waals surface area contributed by atoms with Crippen LogP contribution in [0.5, 0.6) is 0 Å². The summed E-state index contributed by atoms with van der Waals surface area (Å²) in [5.41, 5.74) is 4.95. The summed E-state index contributed by atoms with van der Waals surface area (Å²) in [5, 5.41) is 0. The number of ether oxygens (including phenoxy) is 2. The van der Waals surface area contributed by atoms with Gasteiger partial charge in [0.1, 0.15) is 70.3 Å². The molecule has 54 heavy (non-hydrogen) atoms. The van der Waals surface area contributed by atoms with Crippen molar-refractivity contribution >= 4 is 11.8 Å². The standard InChI is InChI=1S/2C22H16F3NO/c2*1-13-21(26-22(27-13)20-18(24)3-2-4-19(20)25)16-7-5-14(6-8-16)15-9-11-17(23)12-10-15/h2*2-13,21H,1H3/t2*13-,21-/m10/s1. The highest BCUT2D eigenvalue weighted by Crippen LogP contribution is 2.35. The normalized spacial score (nSPS) is 18.9. The molecule has 10 heteroatoms. The molecule has 0 bridgehead atoms. The van der Waals surface area contributed by atoms with Crippen molar-refractivity contribution in [3.8, 4) is 22.3 Å². The summed E-state index contributed by atoms with van der Waals surface area (Å²) in [5.74, 6) is -3.41. The van der Waals surface area contributed by atoms with Gasteiger partial charge in [0.05, 0.1) is 0 Å². The van der Waals surface area contributed by atoms with Gasteiger partial charge in [0.15, 0.2) is 0 Å². The second-order valence-electron chi connectivity index (χ2n) is 12.9. The Labute approximate surface area is 308 Å². The van der Waals surface area contributed by atoms with E-state index in [1.807, 2.05) is 62.4 Å². The molecule has 0 saturated carbocycles. The van der Waals surface area contributed by atoms with E-state index in [-0.39, 0.29) is 58.8 Å². The Kier molecular flexibility index (Phi) is 10.4.